The van der Waals surface area contributed by atoms with Crippen LogP contribution in [0.3, 0.4) is 0 Å². The van der Waals surface area contributed by atoms with Gasteiger partial charge in [0.05, 0.1) is 11.0 Å². The van der Waals surface area contributed by atoms with Crippen molar-refractivity contribution in [2.45, 2.75) is 30.5 Å². The van der Waals surface area contributed by atoms with Crippen LogP contribution in [0.25, 0.3) is 0 Å². The smallest absolute Gasteiger partial charge is 0.264 e. The Labute approximate surface area is 111 Å². The molecule has 0 saturated carbocycles. The van der Waals surface area contributed by atoms with E-state index in [1.807, 2.05) is 4.72 Å². The second kappa shape index (κ2) is 6.11. The van der Waals surface area contributed by atoms with Crippen molar-refractivity contribution in [2.24, 2.45) is 11.5 Å². The van der Waals surface area contributed by atoms with E-state index in [4.69, 9.17) is 16.6 Å². The van der Waals surface area contributed by atoms with Crippen LogP contribution in [0.5, 0.6) is 0 Å². The molecule has 0 aliphatic rings. The first-order valence-corrected chi connectivity index (χ1v) is 7.05. The molecule has 0 aromatic heterocycles. The molecule has 1 aromatic rings. The third-order valence-electron chi connectivity index (χ3n) is 2.53. The summed E-state index contributed by atoms with van der Waals surface area (Å²) >= 11 is 0. The van der Waals surface area contributed by atoms with Crippen LogP contribution >= 0.6 is 0 Å². The number of hydrogen-bond donors (Lipinski definition) is 4. The number of aliphatic hydroxyl groups is 1. The Morgan fingerprint density at radius 1 is 1.37 bits per heavy atom. The Morgan fingerprint density at radius 3 is 2.32 bits per heavy atom. The van der Waals surface area contributed by atoms with Gasteiger partial charge in [0, 0.05) is 6.54 Å². The van der Waals surface area contributed by atoms with Crippen molar-refractivity contribution < 1.29 is 18.3 Å². The number of benzene rings is 1. The molecule has 0 saturated heterocycles. The molecular formula is C11H17N3O4S. The minimum atomic E-state index is -3.99. The Balaban J connectivity index is 2.89. The van der Waals surface area contributed by atoms with Gasteiger partial charge in [0.15, 0.2) is 0 Å². The average Bonchev–Trinajstić information content (AvgIpc) is 2.37. The first kappa shape index (κ1) is 15.6. The molecule has 6 N–H and O–H groups in total. The third-order valence-corrected chi connectivity index (χ3v) is 3.89. The van der Waals surface area contributed by atoms with Gasteiger partial charge in [0.25, 0.3) is 15.9 Å². The van der Waals surface area contributed by atoms with Crippen molar-refractivity contribution in [3.63, 3.8) is 0 Å². The maximum Gasteiger partial charge on any atom is 0.264 e. The number of sulfonamides is 1. The molecule has 7 nitrogen and oxygen atoms in total. The number of hydrogen-bond acceptors (Lipinski definition) is 6. The van der Waals surface area contributed by atoms with Gasteiger partial charge >= 0.3 is 0 Å². The van der Waals surface area contributed by atoms with Crippen LogP contribution in [-0.2, 0) is 21.4 Å². The Morgan fingerprint density at radius 2 is 1.89 bits per heavy atom. The van der Waals surface area contributed by atoms with Crippen molar-refractivity contribution in [3.05, 3.63) is 29.8 Å². The summed E-state index contributed by atoms with van der Waals surface area (Å²) in [5.74, 6) is -0.960. The van der Waals surface area contributed by atoms with E-state index in [0.717, 1.165) is 5.56 Å². The summed E-state index contributed by atoms with van der Waals surface area (Å²) in [4.78, 5) is 11.4. The van der Waals surface area contributed by atoms with Crippen LogP contribution in [0.15, 0.2) is 29.2 Å². The minimum Gasteiger partial charge on any atom is -0.391 e. The van der Waals surface area contributed by atoms with E-state index in [1.165, 1.54) is 19.1 Å². The van der Waals surface area contributed by atoms with Crippen LogP contribution in [0.1, 0.15) is 12.5 Å². The summed E-state index contributed by atoms with van der Waals surface area (Å²) in [5.41, 5.74) is 11.5. The number of aliphatic hydroxyl groups excluding tert-OH is 1. The molecular weight excluding hydrogens is 270 g/mol. The molecule has 1 aromatic carbocycles. The number of nitrogens with two attached hydrogens (primary N) is 2. The molecule has 2 unspecified atom stereocenters. The van der Waals surface area contributed by atoms with E-state index in [2.05, 4.69) is 0 Å². The predicted octanol–water partition coefficient (Wildman–Crippen LogP) is -1.34. The molecule has 106 valence electrons. The van der Waals surface area contributed by atoms with Crippen LogP contribution in [0, 0.1) is 0 Å². The van der Waals surface area contributed by atoms with Gasteiger partial charge < -0.3 is 16.6 Å². The van der Waals surface area contributed by atoms with E-state index in [9.17, 15) is 13.2 Å². The lowest BCUT2D eigenvalue weighted by Crippen LogP contribution is -2.48. The molecule has 2 atom stereocenters. The second-order valence-electron chi connectivity index (χ2n) is 4.08. The summed E-state index contributed by atoms with van der Waals surface area (Å²) in [6, 6.07) is 4.47. The van der Waals surface area contributed by atoms with E-state index in [0.29, 0.717) is 6.54 Å². The molecule has 0 radical (unpaired) electrons. The van der Waals surface area contributed by atoms with Gasteiger partial charge in [-0.2, -0.15) is 0 Å². The monoisotopic (exact) mass is 287 g/mol. The summed E-state index contributed by atoms with van der Waals surface area (Å²) in [7, 11) is -3.99. The number of nitrogens with one attached hydrogen (secondary N) is 1. The lowest BCUT2D eigenvalue weighted by molar-refractivity contribution is -0.122. The van der Waals surface area contributed by atoms with Gasteiger partial charge in [0.2, 0.25) is 0 Å². The van der Waals surface area contributed by atoms with Gasteiger partial charge in [-0.05, 0) is 24.6 Å². The van der Waals surface area contributed by atoms with Crippen LogP contribution in [0.4, 0.5) is 0 Å². The zero-order valence-corrected chi connectivity index (χ0v) is 11.2. The first-order valence-electron chi connectivity index (χ1n) is 5.57. The molecule has 0 aliphatic heterocycles. The predicted molar refractivity (Wildman–Crippen MR) is 69.3 cm³/mol. The fraction of sp³-hybridized carbons (Fsp3) is 0.364. The maximum absolute atomic E-state index is 11.9. The zero-order valence-electron chi connectivity index (χ0n) is 10.4. The highest BCUT2D eigenvalue weighted by molar-refractivity contribution is 7.90. The fourth-order valence-electron chi connectivity index (χ4n) is 1.28. The molecule has 1 rings (SSSR count). The van der Waals surface area contributed by atoms with Crippen LogP contribution in [-0.4, -0.2) is 31.6 Å². The normalized spacial score (nSPS) is 14.7. The molecule has 0 bridgehead atoms. The summed E-state index contributed by atoms with van der Waals surface area (Å²) in [5, 5.41) is 9.13. The third kappa shape index (κ3) is 4.00. The van der Waals surface area contributed by atoms with Crippen molar-refractivity contribution in [1.82, 2.24) is 4.72 Å². The molecule has 1 amide bonds. The zero-order chi connectivity index (χ0) is 14.6. The van der Waals surface area contributed by atoms with Gasteiger partial charge in [0.1, 0.15) is 6.04 Å². The second-order valence-corrected chi connectivity index (χ2v) is 5.77. The highest BCUT2D eigenvalue weighted by atomic mass is 32.2. The van der Waals surface area contributed by atoms with Gasteiger partial charge in [-0.3, -0.25) is 4.79 Å². The molecule has 19 heavy (non-hydrogen) atoms. The molecule has 0 aliphatic carbocycles. The number of rotatable bonds is 5. The first-order chi connectivity index (χ1) is 8.77. The SMILES string of the molecule is CC(O)C(N)C(=O)NS(=O)(=O)c1ccc(CN)cc1. The Bertz CT molecular complexity index is 540. The molecule has 0 heterocycles. The molecule has 0 spiro atoms. The number of carbonyl (C=O) groups excluding carboxylic acids is 1. The van der Waals surface area contributed by atoms with E-state index < -0.39 is 28.1 Å². The number of carbonyl (C=O) groups is 1. The van der Waals surface area contributed by atoms with Gasteiger partial charge in [-0.25, -0.2) is 13.1 Å². The topological polar surface area (TPSA) is 136 Å². The molecule has 0 fully saturated rings. The van der Waals surface area contributed by atoms with Crippen LogP contribution < -0.4 is 16.2 Å². The van der Waals surface area contributed by atoms with Crippen molar-refractivity contribution in [3.8, 4) is 0 Å². The van der Waals surface area contributed by atoms with Crippen molar-refractivity contribution in [1.29, 1.82) is 0 Å². The standard InChI is InChI=1S/C11H17N3O4S/c1-7(15)10(13)11(16)14-19(17,18)9-4-2-8(6-12)3-5-9/h2-5,7,10,15H,6,12-13H2,1H3,(H,14,16). The van der Waals surface area contributed by atoms with Gasteiger partial charge in [-0.1, -0.05) is 12.1 Å². The van der Waals surface area contributed by atoms with Gasteiger partial charge in [-0.15, -0.1) is 0 Å². The summed E-state index contributed by atoms with van der Waals surface area (Å²) in [6.45, 7) is 1.59. The Kier molecular flexibility index (Phi) is 5.01. The average molecular weight is 287 g/mol. The fourth-order valence-corrected chi connectivity index (χ4v) is 2.30. The molecule has 8 heteroatoms. The number of amides is 1. The summed E-state index contributed by atoms with van der Waals surface area (Å²) < 4.78 is 25.5. The highest BCUT2D eigenvalue weighted by Crippen LogP contribution is 2.10. The van der Waals surface area contributed by atoms with E-state index >= 15 is 0 Å². The Hall–Kier alpha value is -1.48. The quantitative estimate of drug-likeness (QED) is 0.529. The highest BCUT2D eigenvalue weighted by Gasteiger charge is 2.24. The van der Waals surface area contributed by atoms with Crippen molar-refractivity contribution >= 4 is 15.9 Å². The largest absolute Gasteiger partial charge is 0.391 e. The van der Waals surface area contributed by atoms with E-state index in [1.54, 1.807) is 12.1 Å². The maximum atomic E-state index is 11.9. The summed E-state index contributed by atoms with van der Waals surface area (Å²) in [6.07, 6.45) is -1.14. The lowest BCUT2D eigenvalue weighted by atomic mass is 10.2. The lowest BCUT2D eigenvalue weighted by Gasteiger charge is -2.14. The minimum absolute atomic E-state index is 0.0733. The van der Waals surface area contributed by atoms with E-state index in [-0.39, 0.29) is 4.90 Å². The van der Waals surface area contributed by atoms with Crippen molar-refractivity contribution in [2.75, 3.05) is 0 Å². The van der Waals surface area contributed by atoms with Crippen LogP contribution in [0.2, 0.25) is 0 Å².